The van der Waals surface area contributed by atoms with Crippen molar-refractivity contribution in [1.29, 1.82) is 5.26 Å². The van der Waals surface area contributed by atoms with Crippen molar-refractivity contribution in [2.75, 3.05) is 29.0 Å². The number of hydrogen-bond donors (Lipinski definition) is 2. The summed E-state index contributed by atoms with van der Waals surface area (Å²) in [5, 5.41) is 12.0. The van der Waals surface area contributed by atoms with Crippen LogP contribution in [0.5, 0.6) is 0 Å². The van der Waals surface area contributed by atoms with Gasteiger partial charge in [0, 0.05) is 25.2 Å². The molecule has 1 aromatic heterocycles. The van der Waals surface area contributed by atoms with Crippen molar-refractivity contribution < 1.29 is 0 Å². The topological polar surface area (TPSA) is 90.9 Å². The monoisotopic (exact) mass is 260 g/mol. The molecule has 0 saturated heterocycles. The second kappa shape index (κ2) is 6.23. The Hall–Kier alpha value is -2.03. The second-order valence-electron chi connectivity index (χ2n) is 4.73. The zero-order valence-electron chi connectivity index (χ0n) is 11.3. The largest absolute Gasteiger partial charge is 0.370 e. The summed E-state index contributed by atoms with van der Waals surface area (Å²) in [6.45, 7) is 3.66. The van der Waals surface area contributed by atoms with Crippen molar-refractivity contribution in [1.82, 2.24) is 9.97 Å². The molecule has 6 heteroatoms. The molecule has 0 atom stereocenters. The third kappa shape index (κ3) is 3.71. The average molecular weight is 260 g/mol. The molecule has 19 heavy (non-hydrogen) atoms. The van der Waals surface area contributed by atoms with Gasteiger partial charge in [-0.3, -0.25) is 0 Å². The normalized spacial score (nSPS) is 13.9. The van der Waals surface area contributed by atoms with Gasteiger partial charge in [0.1, 0.15) is 11.6 Å². The van der Waals surface area contributed by atoms with Gasteiger partial charge in [0.2, 0.25) is 5.95 Å². The van der Waals surface area contributed by atoms with Gasteiger partial charge >= 0.3 is 0 Å². The van der Waals surface area contributed by atoms with Crippen LogP contribution in [0.15, 0.2) is 6.07 Å². The predicted molar refractivity (Wildman–Crippen MR) is 75.8 cm³/mol. The lowest BCUT2D eigenvalue weighted by Crippen LogP contribution is -2.28. The lowest BCUT2D eigenvalue weighted by Gasteiger charge is -2.23. The van der Waals surface area contributed by atoms with Gasteiger partial charge in [-0.1, -0.05) is 6.92 Å². The van der Waals surface area contributed by atoms with Gasteiger partial charge in [-0.05, 0) is 19.3 Å². The highest BCUT2D eigenvalue weighted by Crippen LogP contribution is 2.31. The standard InChI is InChI=1S/C13H20N6/c1-2-7-16-11-9-12(18-13(15)17-11)19(8-3-6-14)10-4-5-10/h9-10H,2-5,7-8H2,1H3,(H3,15,16,17,18). The Morgan fingerprint density at radius 3 is 2.95 bits per heavy atom. The van der Waals surface area contributed by atoms with Crippen LogP contribution in [0.1, 0.15) is 32.6 Å². The minimum Gasteiger partial charge on any atom is -0.370 e. The van der Waals surface area contributed by atoms with Gasteiger partial charge in [0.15, 0.2) is 0 Å². The molecule has 1 aliphatic rings. The van der Waals surface area contributed by atoms with E-state index in [1.165, 1.54) is 0 Å². The van der Waals surface area contributed by atoms with Crippen LogP contribution in [0.4, 0.5) is 17.6 Å². The number of rotatable bonds is 7. The molecule has 0 unspecified atom stereocenters. The first-order chi connectivity index (χ1) is 9.24. The molecule has 0 amide bonds. The Balaban J connectivity index is 2.16. The maximum atomic E-state index is 8.74. The highest BCUT2D eigenvalue weighted by Gasteiger charge is 2.30. The first-order valence-electron chi connectivity index (χ1n) is 6.76. The lowest BCUT2D eigenvalue weighted by atomic mass is 10.3. The van der Waals surface area contributed by atoms with E-state index in [2.05, 4.69) is 33.2 Å². The number of nitriles is 1. The molecule has 0 spiro atoms. The zero-order chi connectivity index (χ0) is 13.7. The van der Waals surface area contributed by atoms with Gasteiger partial charge in [-0.15, -0.1) is 0 Å². The van der Waals surface area contributed by atoms with Crippen LogP contribution < -0.4 is 16.0 Å². The predicted octanol–water partition coefficient (Wildman–Crippen LogP) is 1.76. The average Bonchev–Trinajstić information content (AvgIpc) is 3.21. The number of nitrogens with two attached hydrogens (primary N) is 1. The molecular formula is C13H20N6. The van der Waals surface area contributed by atoms with E-state index in [0.717, 1.165) is 37.4 Å². The number of aromatic nitrogens is 2. The van der Waals surface area contributed by atoms with Crippen molar-refractivity contribution in [3.8, 4) is 6.07 Å². The van der Waals surface area contributed by atoms with Crippen molar-refractivity contribution >= 4 is 17.6 Å². The van der Waals surface area contributed by atoms with E-state index in [0.29, 0.717) is 19.0 Å². The molecule has 0 radical (unpaired) electrons. The highest BCUT2D eigenvalue weighted by molar-refractivity contribution is 5.53. The van der Waals surface area contributed by atoms with Crippen molar-refractivity contribution in [3.05, 3.63) is 6.07 Å². The van der Waals surface area contributed by atoms with Gasteiger partial charge < -0.3 is 16.0 Å². The fraction of sp³-hybridized carbons (Fsp3) is 0.615. The van der Waals surface area contributed by atoms with Gasteiger partial charge in [-0.2, -0.15) is 15.2 Å². The molecule has 2 rings (SSSR count). The summed E-state index contributed by atoms with van der Waals surface area (Å²) >= 11 is 0. The Labute approximate surface area is 113 Å². The SMILES string of the molecule is CCCNc1cc(N(CCC#N)C2CC2)nc(N)n1. The number of nitrogens with zero attached hydrogens (tertiary/aromatic N) is 4. The molecule has 1 saturated carbocycles. The van der Waals surface area contributed by atoms with Crippen LogP contribution in [-0.4, -0.2) is 29.1 Å². The lowest BCUT2D eigenvalue weighted by molar-refractivity contribution is 0.776. The number of anilines is 3. The van der Waals surface area contributed by atoms with E-state index in [4.69, 9.17) is 11.0 Å². The fourth-order valence-electron chi connectivity index (χ4n) is 1.98. The van der Waals surface area contributed by atoms with Crippen LogP contribution in [0.2, 0.25) is 0 Å². The van der Waals surface area contributed by atoms with E-state index in [1.807, 2.05) is 6.07 Å². The van der Waals surface area contributed by atoms with Crippen LogP contribution in [0.25, 0.3) is 0 Å². The summed E-state index contributed by atoms with van der Waals surface area (Å²) in [6.07, 6.45) is 3.85. The van der Waals surface area contributed by atoms with Gasteiger partial charge in [0.25, 0.3) is 0 Å². The van der Waals surface area contributed by atoms with Crippen LogP contribution in [0.3, 0.4) is 0 Å². The minimum atomic E-state index is 0.277. The zero-order valence-corrected chi connectivity index (χ0v) is 11.3. The molecule has 6 nitrogen and oxygen atoms in total. The number of nitrogens with one attached hydrogen (secondary N) is 1. The Morgan fingerprint density at radius 1 is 1.53 bits per heavy atom. The number of hydrogen-bond acceptors (Lipinski definition) is 6. The Morgan fingerprint density at radius 2 is 2.32 bits per heavy atom. The smallest absolute Gasteiger partial charge is 0.223 e. The summed E-state index contributed by atoms with van der Waals surface area (Å²) < 4.78 is 0. The molecule has 1 aliphatic carbocycles. The maximum Gasteiger partial charge on any atom is 0.223 e. The molecule has 1 heterocycles. The molecule has 102 valence electrons. The van der Waals surface area contributed by atoms with E-state index in [-0.39, 0.29) is 5.95 Å². The van der Waals surface area contributed by atoms with E-state index < -0.39 is 0 Å². The fourth-order valence-corrected chi connectivity index (χ4v) is 1.98. The summed E-state index contributed by atoms with van der Waals surface area (Å²) in [5.41, 5.74) is 5.76. The summed E-state index contributed by atoms with van der Waals surface area (Å²) in [4.78, 5) is 10.6. The van der Waals surface area contributed by atoms with Crippen LogP contribution >= 0.6 is 0 Å². The summed E-state index contributed by atoms with van der Waals surface area (Å²) in [6, 6.07) is 4.60. The van der Waals surface area contributed by atoms with E-state index in [9.17, 15) is 0 Å². The molecule has 0 bridgehead atoms. The maximum absolute atomic E-state index is 8.74. The Kier molecular flexibility index (Phi) is 4.39. The van der Waals surface area contributed by atoms with E-state index in [1.54, 1.807) is 0 Å². The first kappa shape index (κ1) is 13.4. The second-order valence-corrected chi connectivity index (χ2v) is 4.73. The molecule has 0 aliphatic heterocycles. The van der Waals surface area contributed by atoms with Crippen molar-refractivity contribution in [3.63, 3.8) is 0 Å². The quantitative estimate of drug-likeness (QED) is 0.776. The van der Waals surface area contributed by atoms with Crippen molar-refractivity contribution in [2.45, 2.75) is 38.6 Å². The third-order valence-corrected chi connectivity index (χ3v) is 3.03. The molecular weight excluding hydrogens is 240 g/mol. The van der Waals surface area contributed by atoms with Crippen LogP contribution in [0, 0.1) is 11.3 Å². The summed E-state index contributed by atoms with van der Waals surface area (Å²) in [7, 11) is 0. The molecule has 1 aromatic rings. The number of nitrogen functional groups attached to an aromatic ring is 1. The molecule has 0 aromatic carbocycles. The Bertz CT molecular complexity index is 463. The van der Waals surface area contributed by atoms with Crippen LogP contribution in [-0.2, 0) is 0 Å². The molecule has 3 N–H and O–H groups in total. The summed E-state index contributed by atoms with van der Waals surface area (Å²) in [5.74, 6) is 1.86. The minimum absolute atomic E-state index is 0.277. The molecule has 1 fully saturated rings. The first-order valence-corrected chi connectivity index (χ1v) is 6.76. The third-order valence-electron chi connectivity index (χ3n) is 3.03. The van der Waals surface area contributed by atoms with Crippen molar-refractivity contribution in [2.24, 2.45) is 0 Å². The highest BCUT2D eigenvalue weighted by atomic mass is 15.3. The van der Waals surface area contributed by atoms with E-state index >= 15 is 0 Å². The van der Waals surface area contributed by atoms with Gasteiger partial charge in [-0.25, -0.2) is 0 Å². The van der Waals surface area contributed by atoms with Gasteiger partial charge in [0.05, 0.1) is 12.5 Å².